The quantitative estimate of drug-likeness (QED) is 0.364. The molecule has 4 rings (SSSR count). The van der Waals surface area contributed by atoms with Crippen molar-refractivity contribution in [2.45, 2.75) is 26.9 Å². The van der Waals surface area contributed by atoms with Crippen LogP contribution in [0.3, 0.4) is 0 Å². The maximum absolute atomic E-state index is 13.1. The lowest BCUT2D eigenvalue weighted by molar-refractivity contribution is -0.137. The molecule has 3 heterocycles. The lowest BCUT2D eigenvalue weighted by atomic mass is 9.97. The Morgan fingerprint density at radius 1 is 1.17 bits per heavy atom. The van der Waals surface area contributed by atoms with Crippen molar-refractivity contribution >= 4 is 34.4 Å². The van der Waals surface area contributed by atoms with Gasteiger partial charge in [-0.15, -0.1) is 0 Å². The molecule has 36 heavy (non-hydrogen) atoms. The Labute approximate surface area is 206 Å². The highest BCUT2D eigenvalue weighted by atomic mass is 19.4. The smallest absolute Gasteiger partial charge is 0.378 e. The molecule has 0 radical (unpaired) electrons. The number of rotatable bonds is 4. The zero-order valence-electron chi connectivity index (χ0n) is 20.2. The summed E-state index contributed by atoms with van der Waals surface area (Å²) in [5, 5.41) is 13.2. The van der Waals surface area contributed by atoms with Crippen LogP contribution < -0.4 is 15.5 Å². The lowest BCUT2D eigenvalue weighted by Gasteiger charge is -2.27. The van der Waals surface area contributed by atoms with Crippen LogP contribution in [0.2, 0.25) is 0 Å². The molecular weight excluding hydrogens is 475 g/mol. The minimum Gasteiger partial charge on any atom is -0.378 e. The molecule has 3 N–H and O–H groups in total. The second-order valence-corrected chi connectivity index (χ2v) is 9.64. The highest BCUT2D eigenvalue weighted by molar-refractivity contribution is 6.08. The van der Waals surface area contributed by atoms with Crippen LogP contribution in [0, 0.1) is 5.41 Å². The number of guanidine groups is 1. The van der Waals surface area contributed by atoms with Crippen molar-refractivity contribution in [3.63, 3.8) is 0 Å². The highest BCUT2D eigenvalue weighted by Crippen LogP contribution is 2.32. The van der Waals surface area contributed by atoms with Crippen molar-refractivity contribution in [3.8, 4) is 0 Å². The molecule has 12 heteroatoms. The third-order valence-electron chi connectivity index (χ3n) is 5.46. The van der Waals surface area contributed by atoms with Gasteiger partial charge in [0.15, 0.2) is 5.82 Å². The Balaban J connectivity index is 1.56. The van der Waals surface area contributed by atoms with E-state index in [-0.39, 0.29) is 22.7 Å². The highest BCUT2D eigenvalue weighted by Gasteiger charge is 2.31. The number of nitrogens with zero attached hydrogens (tertiary/aromatic N) is 4. The summed E-state index contributed by atoms with van der Waals surface area (Å²) in [6.07, 6.45) is -2.99. The van der Waals surface area contributed by atoms with Gasteiger partial charge in [-0.25, -0.2) is 4.98 Å². The van der Waals surface area contributed by atoms with Crippen molar-refractivity contribution in [2.24, 2.45) is 10.4 Å². The number of H-pyrrole nitrogens is 1. The predicted molar refractivity (Wildman–Crippen MR) is 131 cm³/mol. The Morgan fingerprint density at radius 2 is 1.92 bits per heavy atom. The van der Waals surface area contributed by atoms with Gasteiger partial charge in [0.2, 0.25) is 5.96 Å². The first-order valence-corrected chi connectivity index (χ1v) is 11.5. The normalized spacial score (nSPS) is 15.3. The summed E-state index contributed by atoms with van der Waals surface area (Å²) in [5.41, 5.74) is -0.419. The van der Waals surface area contributed by atoms with E-state index < -0.39 is 17.6 Å². The third kappa shape index (κ3) is 6.30. The third-order valence-corrected chi connectivity index (χ3v) is 5.46. The number of hydrogen-bond acceptors (Lipinski definition) is 5. The van der Waals surface area contributed by atoms with E-state index in [1.807, 2.05) is 20.8 Å². The predicted octanol–water partition coefficient (Wildman–Crippen LogP) is 4.06. The number of carbonyl (C=O) groups is 1. The number of aromatic nitrogens is 3. The van der Waals surface area contributed by atoms with Crippen LogP contribution in [-0.2, 0) is 10.9 Å². The van der Waals surface area contributed by atoms with E-state index in [4.69, 9.17) is 4.74 Å². The average Bonchev–Trinajstić information content (AvgIpc) is 3.24. The fraction of sp³-hybridized carbons (Fsp3) is 0.417. The molecule has 0 saturated carbocycles. The van der Waals surface area contributed by atoms with Crippen LogP contribution in [0.4, 0.5) is 24.8 Å². The van der Waals surface area contributed by atoms with E-state index in [1.165, 1.54) is 12.3 Å². The van der Waals surface area contributed by atoms with Gasteiger partial charge < -0.3 is 20.3 Å². The maximum Gasteiger partial charge on any atom is 0.416 e. The molecule has 192 valence electrons. The Kier molecular flexibility index (Phi) is 7.16. The molecule has 0 atom stereocenters. The zero-order valence-corrected chi connectivity index (χ0v) is 20.2. The number of ether oxygens (including phenoxy) is 1. The summed E-state index contributed by atoms with van der Waals surface area (Å²) in [7, 11) is 0. The summed E-state index contributed by atoms with van der Waals surface area (Å²) in [6, 6.07) is 6.72. The molecular formula is C24H28F3N7O2. The first kappa shape index (κ1) is 25.4. The Bertz CT molecular complexity index is 1240. The Morgan fingerprint density at radius 3 is 2.56 bits per heavy atom. The molecule has 1 aliphatic rings. The van der Waals surface area contributed by atoms with E-state index in [1.54, 1.807) is 12.1 Å². The van der Waals surface area contributed by atoms with E-state index in [9.17, 15) is 18.0 Å². The minimum absolute atomic E-state index is 0.125. The number of morpholine rings is 1. The number of aromatic amines is 1. The van der Waals surface area contributed by atoms with Crippen LogP contribution in [0.1, 0.15) is 36.7 Å². The van der Waals surface area contributed by atoms with Crippen LogP contribution in [-0.4, -0.2) is 59.9 Å². The molecule has 1 aromatic carbocycles. The van der Waals surface area contributed by atoms with Crippen LogP contribution in [0.25, 0.3) is 10.9 Å². The number of amides is 1. The summed E-state index contributed by atoms with van der Waals surface area (Å²) in [4.78, 5) is 23.6. The van der Waals surface area contributed by atoms with Gasteiger partial charge in [0.25, 0.3) is 5.91 Å². The van der Waals surface area contributed by atoms with Gasteiger partial charge in [0.05, 0.1) is 29.9 Å². The van der Waals surface area contributed by atoms with Gasteiger partial charge in [0.1, 0.15) is 5.82 Å². The number of fused-ring (bicyclic) bond motifs is 1. The maximum atomic E-state index is 13.1. The molecule has 1 fully saturated rings. The molecule has 1 aliphatic heterocycles. The number of hydrogen-bond donors (Lipinski definition) is 3. The molecule has 2 aromatic heterocycles. The van der Waals surface area contributed by atoms with Gasteiger partial charge in [0, 0.05) is 31.2 Å². The van der Waals surface area contributed by atoms with Gasteiger partial charge in [-0.05, 0) is 35.7 Å². The molecule has 3 aromatic rings. The van der Waals surface area contributed by atoms with Crippen LogP contribution >= 0.6 is 0 Å². The minimum atomic E-state index is -4.47. The molecule has 0 aliphatic carbocycles. The number of alkyl halides is 3. The molecule has 0 spiro atoms. The Hall–Kier alpha value is -3.67. The van der Waals surface area contributed by atoms with Gasteiger partial charge >= 0.3 is 6.18 Å². The van der Waals surface area contributed by atoms with Gasteiger partial charge in [-0.2, -0.15) is 23.3 Å². The average molecular weight is 504 g/mol. The standard InChI is InChI=1S/C24H28F3N7O2/c1-23(2,3)14-29-22(30-20-17-6-5-16(24(25,26)27)12-18(17)32-33-20)31-21(35)15-4-7-19(28-13-15)34-8-10-36-11-9-34/h4-7,12-13H,8-11,14H2,1-3H3,(H3,29,30,31,32,33,35). The van der Waals surface area contributed by atoms with E-state index in [0.717, 1.165) is 31.0 Å². The number of anilines is 2. The van der Waals surface area contributed by atoms with Crippen LogP contribution in [0.15, 0.2) is 41.5 Å². The first-order chi connectivity index (χ1) is 17.0. The van der Waals surface area contributed by atoms with Crippen LogP contribution in [0.5, 0.6) is 0 Å². The topological polar surface area (TPSA) is 108 Å². The summed E-state index contributed by atoms with van der Waals surface area (Å²) < 4.78 is 44.5. The number of halogens is 3. The second-order valence-electron chi connectivity index (χ2n) is 9.64. The fourth-order valence-corrected chi connectivity index (χ4v) is 3.52. The van der Waals surface area contributed by atoms with Crippen molar-refractivity contribution in [2.75, 3.05) is 43.1 Å². The summed E-state index contributed by atoms with van der Waals surface area (Å²) in [6.45, 7) is 9.21. The zero-order chi connectivity index (χ0) is 25.9. The number of pyridine rings is 1. The van der Waals surface area contributed by atoms with Gasteiger partial charge in [-0.3, -0.25) is 9.89 Å². The second kappa shape index (κ2) is 10.1. The monoisotopic (exact) mass is 503 g/mol. The van der Waals surface area contributed by atoms with E-state index in [0.29, 0.717) is 30.7 Å². The number of nitrogens with one attached hydrogen (secondary N) is 3. The molecule has 0 bridgehead atoms. The molecule has 0 unspecified atom stereocenters. The number of carbonyl (C=O) groups excluding carboxylic acids is 1. The lowest BCUT2D eigenvalue weighted by Crippen LogP contribution is -2.37. The molecule has 1 saturated heterocycles. The van der Waals surface area contributed by atoms with Crippen molar-refractivity contribution in [1.29, 1.82) is 0 Å². The van der Waals surface area contributed by atoms with E-state index >= 15 is 0 Å². The number of aliphatic imine (C=N–C) groups is 1. The molecule has 1 amide bonds. The van der Waals surface area contributed by atoms with Crippen molar-refractivity contribution in [3.05, 3.63) is 47.7 Å². The van der Waals surface area contributed by atoms with Crippen molar-refractivity contribution in [1.82, 2.24) is 20.5 Å². The SMILES string of the molecule is CC(C)(C)CN/C(=N/C(=O)c1ccc(N2CCOCC2)nc1)Nc1n[nH]c2cc(C(F)(F)F)ccc12. The van der Waals surface area contributed by atoms with Crippen molar-refractivity contribution < 1.29 is 22.7 Å². The van der Waals surface area contributed by atoms with Gasteiger partial charge in [-0.1, -0.05) is 20.8 Å². The number of benzene rings is 1. The summed E-state index contributed by atoms with van der Waals surface area (Å²) in [5.74, 6) is 0.594. The first-order valence-electron chi connectivity index (χ1n) is 11.5. The molecule has 9 nitrogen and oxygen atoms in total. The summed E-state index contributed by atoms with van der Waals surface area (Å²) >= 11 is 0. The largest absolute Gasteiger partial charge is 0.416 e. The fourth-order valence-electron chi connectivity index (χ4n) is 3.52. The van der Waals surface area contributed by atoms with E-state index in [2.05, 4.69) is 35.7 Å².